The minimum atomic E-state index is -3.65. The van der Waals surface area contributed by atoms with Crippen molar-refractivity contribution in [3.05, 3.63) is 28.7 Å². The van der Waals surface area contributed by atoms with E-state index in [9.17, 15) is 4.89 Å². The van der Waals surface area contributed by atoms with E-state index >= 15 is 0 Å². The molecule has 0 atom stereocenters. The normalized spacial score (nSPS) is 14.4. The van der Waals surface area contributed by atoms with Gasteiger partial charge in [0.05, 0.1) is 0 Å². The predicted molar refractivity (Wildman–Crippen MR) is 72.1 cm³/mol. The molecular formula is C11H18BrO3P. The minimum absolute atomic E-state index is 0.418. The Morgan fingerprint density at radius 3 is 1.94 bits per heavy atom. The molecule has 0 spiro atoms. The number of benzene rings is 1. The molecule has 1 rings (SSSR count). The molecule has 1 aromatic carbocycles. The number of hydrogen-bond acceptors (Lipinski definition) is 3. The van der Waals surface area contributed by atoms with Gasteiger partial charge in [-0.2, -0.15) is 0 Å². The fourth-order valence-electron chi connectivity index (χ4n) is 1.57. The van der Waals surface area contributed by atoms with Crippen molar-refractivity contribution in [2.75, 3.05) is 19.9 Å². The second kappa shape index (κ2) is 5.11. The molecule has 0 aliphatic rings. The summed E-state index contributed by atoms with van der Waals surface area (Å²) in [5.41, 5.74) is 0. The third-order valence-corrected chi connectivity index (χ3v) is 6.01. The topological polar surface area (TPSA) is 38.7 Å². The van der Waals surface area contributed by atoms with Gasteiger partial charge < -0.3 is 0 Å². The Morgan fingerprint density at radius 2 is 1.56 bits per heavy atom. The van der Waals surface area contributed by atoms with Gasteiger partial charge in [-0.15, -0.1) is 0 Å². The van der Waals surface area contributed by atoms with Crippen molar-refractivity contribution >= 4 is 28.5 Å². The Balaban J connectivity index is 3.15. The second-order valence-electron chi connectivity index (χ2n) is 3.62. The van der Waals surface area contributed by atoms with E-state index in [4.69, 9.17) is 9.05 Å². The van der Waals surface area contributed by atoms with Crippen LogP contribution in [0.15, 0.2) is 28.7 Å². The SMILES string of the molecule is CCOP(C)(O)(OCC)c1ccc(Br)cc1. The Hall–Kier alpha value is 0.0100. The van der Waals surface area contributed by atoms with Crippen molar-refractivity contribution in [1.82, 2.24) is 0 Å². The van der Waals surface area contributed by atoms with E-state index in [2.05, 4.69) is 15.9 Å². The molecule has 1 aromatic rings. The average Bonchev–Trinajstić information content (AvgIpc) is 2.18. The van der Waals surface area contributed by atoms with Crippen LogP contribution in [-0.2, 0) is 9.05 Å². The molecule has 0 aliphatic heterocycles. The first-order valence-corrected chi connectivity index (χ1v) is 8.50. The summed E-state index contributed by atoms with van der Waals surface area (Å²) in [5.74, 6) is 0. The second-order valence-corrected chi connectivity index (χ2v) is 8.19. The van der Waals surface area contributed by atoms with Crippen molar-refractivity contribution in [1.29, 1.82) is 0 Å². The van der Waals surface area contributed by atoms with Gasteiger partial charge in [0.2, 0.25) is 0 Å². The van der Waals surface area contributed by atoms with Crippen molar-refractivity contribution in [3.8, 4) is 0 Å². The van der Waals surface area contributed by atoms with E-state index in [1.54, 1.807) is 6.66 Å². The summed E-state index contributed by atoms with van der Waals surface area (Å²) in [5, 5.41) is 0.706. The fourth-order valence-corrected chi connectivity index (χ4v) is 4.25. The van der Waals surface area contributed by atoms with Crippen LogP contribution in [0.3, 0.4) is 0 Å². The van der Waals surface area contributed by atoms with Crippen LogP contribution < -0.4 is 5.30 Å². The zero-order valence-electron chi connectivity index (χ0n) is 9.81. The van der Waals surface area contributed by atoms with Crippen molar-refractivity contribution < 1.29 is 13.9 Å². The molecule has 0 saturated heterocycles. The van der Waals surface area contributed by atoms with Gasteiger partial charge in [0.1, 0.15) is 0 Å². The Labute approximate surface area is 105 Å². The van der Waals surface area contributed by atoms with E-state index in [0.717, 1.165) is 4.47 Å². The first kappa shape index (κ1) is 14.1. The monoisotopic (exact) mass is 308 g/mol. The number of hydrogen-bond donors (Lipinski definition) is 1. The van der Waals surface area contributed by atoms with Crippen LogP contribution in [0.1, 0.15) is 13.8 Å². The molecule has 16 heavy (non-hydrogen) atoms. The van der Waals surface area contributed by atoms with Crippen molar-refractivity contribution in [2.45, 2.75) is 13.8 Å². The van der Waals surface area contributed by atoms with Gasteiger partial charge >= 0.3 is 105 Å². The summed E-state index contributed by atoms with van der Waals surface area (Å²) < 4.78 is 12.0. The standard InChI is InChI=1S/C11H18BrO3P/c1-4-14-16(3,13,15-5-2)11-8-6-10(12)7-9-11/h6-9,13H,4-5H2,1-3H3. The van der Waals surface area contributed by atoms with E-state index < -0.39 is 7.28 Å². The zero-order chi connectivity index (χ0) is 12.3. The molecule has 0 bridgehead atoms. The summed E-state index contributed by atoms with van der Waals surface area (Å²) in [6, 6.07) is 7.39. The first-order chi connectivity index (χ1) is 7.41. The summed E-state index contributed by atoms with van der Waals surface area (Å²) in [7, 11) is -3.65. The molecule has 0 aromatic heterocycles. The van der Waals surface area contributed by atoms with Gasteiger partial charge in [-0.1, -0.05) is 0 Å². The Bertz CT molecular complexity index is 341. The molecule has 0 heterocycles. The molecule has 0 unspecified atom stereocenters. The molecule has 0 aliphatic carbocycles. The van der Waals surface area contributed by atoms with Crippen molar-refractivity contribution in [2.24, 2.45) is 0 Å². The summed E-state index contributed by atoms with van der Waals surface area (Å²) in [4.78, 5) is 10.7. The third kappa shape index (κ3) is 3.02. The molecule has 92 valence electrons. The van der Waals surface area contributed by atoms with Gasteiger partial charge in [-0.25, -0.2) is 0 Å². The maximum absolute atomic E-state index is 10.7. The average molecular weight is 309 g/mol. The molecular weight excluding hydrogens is 291 g/mol. The van der Waals surface area contributed by atoms with E-state index in [1.807, 2.05) is 38.1 Å². The third-order valence-electron chi connectivity index (χ3n) is 2.28. The van der Waals surface area contributed by atoms with Gasteiger partial charge in [-0.05, 0) is 0 Å². The van der Waals surface area contributed by atoms with Gasteiger partial charge in [0.15, 0.2) is 0 Å². The van der Waals surface area contributed by atoms with Crippen LogP contribution in [0, 0.1) is 0 Å². The van der Waals surface area contributed by atoms with Gasteiger partial charge in [-0.3, -0.25) is 0 Å². The quantitative estimate of drug-likeness (QED) is 0.850. The van der Waals surface area contributed by atoms with E-state index in [1.165, 1.54) is 0 Å². The fraction of sp³-hybridized carbons (Fsp3) is 0.455. The van der Waals surface area contributed by atoms with Crippen LogP contribution in [0.25, 0.3) is 0 Å². The molecule has 0 radical (unpaired) electrons. The first-order valence-electron chi connectivity index (χ1n) is 5.24. The van der Waals surface area contributed by atoms with E-state index in [-0.39, 0.29) is 0 Å². The predicted octanol–water partition coefficient (Wildman–Crippen LogP) is 3.07. The summed E-state index contributed by atoms with van der Waals surface area (Å²) in [6.07, 6.45) is 0. The van der Waals surface area contributed by atoms with E-state index in [0.29, 0.717) is 18.5 Å². The molecule has 3 nitrogen and oxygen atoms in total. The summed E-state index contributed by atoms with van der Waals surface area (Å²) >= 11 is 3.36. The maximum atomic E-state index is 10.7. The number of halogens is 1. The Morgan fingerprint density at radius 1 is 1.12 bits per heavy atom. The molecule has 1 N–H and O–H groups in total. The molecule has 0 saturated carbocycles. The van der Waals surface area contributed by atoms with Crippen molar-refractivity contribution in [3.63, 3.8) is 0 Å². The summed E-state index contributed by atoms with van der Waals surface area (Å²) in [6.45, 7) is 6.18. The van der Waals surface area contributed by atoms with Gasteiger partial charge in [0, 0.05) is 0 Å². The van der Waals surface area contributed by atoms with Crippen LogP contribution >= 0.6 is 23.2 Å². The van der Waals surface area contributed by atoms with Crippen LogP contribution in [0.4, 0.5) is 0 Å². The van der Waals surface area contributed by atoms with Crippen LogP contribution in [0.5, 0.6) is 0 Å². The zero-order valence-corrected chi connectivity index (χ0v) is 12.3. The number of rotatable bonds is 5. The van der Waals surface area contributed by atoms with Crippen LogP contribution in [-0.4, -0.2) is 24.8 Å². The molecule has 0 amide bonds. The van der Waals surface area contributed by atoms with Gasteiger partial charge in [0.25, 0.3) is 0 Å². The molecule has 0 fully saturated rings. The Kier molecular flexibility index (Phi) is 4.49. The van der Waals surface area contributed by atoms with Crippen LogP contribution in [0.2, 0.25) is 0 Å². The molecule has 5 heteroatoms.